The maximum atomic E-state index is 12.7. The van der Waals surface area contributed by atoms with Crippen LogP contribution in [0, 0.1) is 6.92 Å². The number of aromatic nitrogens is 2. The van der Waals surface area contributed by atoms with E-state index in [9.17, 15) is 4.79 Å². The Hall–Kier alpha value is -3.45. The van der Waals surface area contributed by atoms with Crippen molar-refractivity contribution < 1.29 is 9.53 Å². The number of allylic oxidation sites excluding steroid dienone is 1. The average Bonchev–Trinajstić information content (AvgIpc) is 3.29. The van der Waals surface area contributed by atoms with Crippen LogP contribution in [0.2, 0.25) is 0 Å². The molecule has 1 aromatic heterocycles. The van der Waals surface area contributed by atoms with Gasteiger partial charge in [0.1, 0.15) is 0 Å². The van der Waals surface area contributed by atoms with Crippen LogP contribution >= 0.6 is 12.2 Å². The van der Waals surface area contributed by atoms with Crippen LogP contribution in [0.15, 0.2) is 78.5 Å². The summed E-state index contributed by atoms with van der Waals surface area (Å²) >= 11 is 5.68. The highest BCUT2D eigenvalue weighted by Gasteiger charge is 2.35. The van der Waals surface area contributed by atoms with Crippen molar-refractivity contribution in [3.8, 4) is 5.69 Å². The summed E-state index contributed by atoms with van der Waals surface area (Å²) < 4.78 is 7.03. The van der Waals surface area contributed by atoms with E-state index in [4.69, 9.17) is 17.0 Å². The zero-order valence-electron chi connectivity index (χ0n) is 17.0. The fourth-order valence-electron chi connectivity index (χ4n) is 3.62. The maximum absolute atomic E-state index is 12.7. The molecule has 0 spiro atoms. The molecule has 0 bridgehead atoms. The van der Waals surface area contributed by atoms with E-state index in [2.05, 4.69) is 10.3 Å². The molecule has 0 saturated carbocycles. The highest BCUT2D eigenvalue weighted by Crippen LogP contribution is 2.34. The molecular weight excluding hydrogens is 396 g/mol. The lowest BCUT2D eigenvalue weighted by Gasteiger charge is -2.37. The molecule has 0 fully saturated rings. The van der Waals surface area contributed by atoms with E-state index in [-0.39, 0.29) is 5.97 Å². The number of carbonyl (C=O) groups is 1. The second-order valence-corrected chi connectivity index (χ2v) is 7.49. The lowest BCUT2D eigenvalue weighted by atomic mass is 9.94. The third-order valence-electron chi connectivity index (χ3n) is 5.21. The van der Waals surface area contributed by atoms with Gasteiger partial charge in [0.2, 0.25) is 0 Å². The maximum Gasteiger partial charge on any atom is 0.337 e. The first-order chi connectivity index (χ1) is 14.5. The predicted molar refractivity (Wildman–Crippen MR) is 120 cm³/mol. The Morgan fingerprint density at radius 2 is 1.73 bits per heavy atom. The van der Waals surface area contributed by atoms with Gasteiger partial charge in [-0.2, -0.15) is 0 Å². The highest BCUT2D eigenvalue weighted by molar-refractivity contribution is 7.80. The molecule has 1 N–H and O–H groups in total. The minimum atomic E-state index is -0.400. The van der Waals surface area contributed by atoms with E-state index in [0.29, 0.717) is 10.7 Å². The molecule has 1 atom stereocenters. The number of hydrogen-bond acceptors (Lipinski definition) is 4. The van der Waals surface area contributed by atoms with Gasteiger partial charge in [0, 0.05) is 29.5 Å². The number of ether oxygens (including phenoxy) is 1. The Morgan fingerprint density at radius 3 is 2.33 bits per heavy atom. The smallest absolute Gasteiger partial charge is 0.337 e. The fourth-order valence-corrected chi connectivity index (χ4v) is 3.98. The summed E-state index contributed by atoms with van der Waals surface area (Å²) in [6.07, 6.45) is 5.36. The molecule has 2 aromatic carbocycles. The molecule has 0 amide bonds. The number of anilines is 1. The van der Waals surface area contributed by atoms with E-state index in [1.54, 1.807) is 12.5 Å². The standard InChI is InChI=1S/C23H22N4O2S/c1-15-4-8-19(9-5-15)27-16(2)20(22(28)29-3)21(25-23(27)30)17-6-10-18(11-7-17)26-13-12-24-14-26/h4-14,21H,1-3H3,(H,25,30). The number of benzene rings is 2. The number of carbonyl (C=O) groups excluding carboxylic acids is 1. The van der Waals surface area contributed by atoms with Crippen LogP contribution in [0.3, 0.4) is 0 Å². The van der Waals surface area contributed by atoms with Gasteiger partial charge < -0.3 is 14.6 Å². The Kier molecular flexibility index (Phi) is 5.37. The molecule has 1 unspecified atom stereocenters. The van der Waals surface area contributed by atoms with Crippen LogP contribution in [-0.4, -0.2) is 27.7 Å². The number of rotatable bonds is 4. The number of nitrogens with zero attached hydrogens (tertiary/aromatic N) is 3. The SMILES string of the molecule is COC(=O)C1=C(C)N(c2ccc(C)cc2)C(=S)NC1c1ccc(-n2ccnc2)cc1. The van der Waals surface area contributed by atoms with Crippen molar-refractivity contribution >= 4 is 29.0 Å². The number of esters is 1. The number of methoxy groups -OCH3 is 1. The lowest BCUT2D eigenvalue weighted by Crippen LogP contribution is -2.48. The van der Waals surface area contributed by atoms with Crippen molar-refractivity contribution in [2.24, 2.45) is 0 Å². The van der Waals surface area contributed by atoms with Crippen molar-refractivity contribution in [3.05, 3.63) is 89.6 Å². The third-order valence-corrected chi connectivity index (χ3v) is 5.51. The Morgan fingerprint density at radius 1 is 1.07 bits per heavy atom. The van der Waals surface area contributed by atoms with E-state index in [1.165, 1.54) is 7.11 Å². The summed E-state index contributed by atoms with van der Waals surface area (Å²) in [4.78, 5) is 18.7. The topological polar surface area (TPSA) is 59.4 Å². The molecule has 0 saturated heterocycles. The molecule has 0 aliphatic carbocycles. The average molecular weight is 419 g/mol. The molecule has 30 heavy (non-hydrogen) atoms. The molecule has 7 heteroatoms. The van der Waals surface area contributed by atoms with Crippen molar-refractivity contribution in [3.63, 3.8) is 0 Å². The summed E-state index contributed by atoms with van der Waals surface area (Å²) in [6.45, 7) is 3.93. The zero-order chi connectivity index (χ0) is 21.3. The summed E-state index contributed by atoms with van der Waals surface area (Å²) in [5.41, 5.74) is 5.23. The monoisotopic (exact) mass is 418 g/mol. The molecule has 0 radical (unpaired) electrons. The summed E-state index contributed by atoms with van der Waals surface area (Å²) in [6, 6.07) is 15.5. The zero-order valence-corrected chi connectivity index (χ0v) is 17.8. The second-order valence-electron chi connectivity index (χ2n) is 7.11. The quantitative estimate of drug-likeness (QED) is 0.509. The first-order valence-electron chi connectivity index (χ1n) is 9.54. The van der Waals surface area contributed by atoms with Crippen LogP contribution in [-0.2, 0) is 9.53 Å². The van der Waals surface area contributed by atoms with E-state index < -0.39 is 6.04 Å². The van der Waals surface area contributed by atoms with Crippen molar-refractivity contribution in [1.29, 1.82) is 0 Å². The molecule has 152 valence electrons. The summed E-state index contributed by atoms with van der Waals surface area (Å²) in [5, 5.41) is 3.86. The van der Waals surface area contributed by atoms with Crippen LogP contribution in [0.4, 0.5) is 5.69 Å². The van der Waals surface area contributed by atoms with Crippen molar-refractivity contribution in [2.45, 2.75) is 19.9 Å². The molecule has 2 heterocycles. The largest absolute Gasteiger partial charge is 0.466 e. The number of nitrogens with one attached hydrogen (secondary N) is 1. The Bertz CT molecular complexity index is 1100. The summed E-state index contributed by atoms with van der Waals surface area (Å²) in [7, 11) is 1.39. The minimum absolute atomic E-state index is 0.386. The lowest BCUT2D eigenvalue weighted by molar-refractivity contribution is -0.136. The van der Waals surface area contributed by atoms with Crippen LogP contribution in [0.1, 0.15) is 24.1 Å². The normalized spacial score (nSPS) is 16.4. The van der Waals surface area contributed by atoms with Gasteiger partial charge in [0.15, 0.2) is 5.11 Å². The van der Waals surface area contributed by atoms with Crippen molar-refractivity contribution in [1.82, 2.24) is 14.9 Å². The predicted octanol–water partition coefficient (Wildman–Crippen LogP) is 4.06. The van der Waals surface area contributed by atoms with Gasteiger partial charge in [0.25, 0.3) is 0 Å². The Labute approximate surface area is 180 Å². The first kappa shape index (κ1) is 19.8. The molecule has 1 aliphatic rings. The molecule has 1 aliphatic heterocycles. The van der Waals surface area contributed by atoms with Gasteiger partial charge >= 0.3 is 5.97 Å². The number of imidazole rings is 1. The Balaban J connectivity index is 1.75. The third kappa shape index (κ3) is 3.59. The number of thiocarbonyl (C=S) groups is 1. The van der Waals surface area contributed by atoms with E-state index in [1.807, 2.05) is 78.0 Å². The van der Waals surface area contributed by atoms with Gasteiger partial charge in [0.05, 0.1) is 25.1 Å². The van der Waals surface area contributed by atoms with E-state index >= 15 is 0 Å². The first-order valence-corrected chi connectivity index (χ1v) is 9.95. The van der Waals surface area contributed by atoms with Crippen molar-refractivity contribution in [2.75, 3.05) is 12.0 Å². The number of aryl methyl sites for hydroxylation is 1. The van der Waals surface area contributed by atoms with Gasteiger partial charge in [-0.3, -0.25) is 4.90 Å². The number of hydrogen-bond donors (Lipinski definition) is 1. The van der Waals surface area contributed by atoms with Gasteiger partial charge in [-0.25, -0.2) is 9.78 Å². The van der Waals surface area contributed by atoms with Gasteiger partial charge in [-0.05, 0) is 55.9 Å². The summed E-state index contributed by atoms with van der Waals surface area (Å²) in [5.74, 6) is -0.386. The molecular formula is C23H22N4O2S. The van der Waals surface area contributed by atoms with E-state index in [0.717, 1.165) is 28.2 Å². The van der Waals surface area contributed by atoms with Crippen LogP contribution < -0.4 is 10.2 Å². The molecule has 3 aromatic rings. The molecule has 6 nitrogen and oxygen atoms in total. The minimum Gasteiger partial charge on any atom is -0.466 e. The highest BCUT2D eigenvalue weighted by atomic mass is 32.1. The molecule has 4 rings (SSSR count). The van der Waals surface area contributed by atoms with Gasteiger partial charge in [-0.1, -0.05) is 29.8 Å². The van der Waals surface area contributed by atoms with Crippen LogP contribution in [0.25, 0.3) is 5.69 Å². The second kappa shape index (κ2) is 8.12. The van der Waals surface area contributed by atoms with Gasteiger partial charge in [-0.15, -0.1) is 0 Å². The fraction of sp³-hybridized carbons (Fsp3) is 0.174. The van der Waals surface area contributed by atoms with Crippen LogP contribution in [0.5, 0.6) is 0 Å².